The average molecular weight is 271 g/mol. The average Bonchev–Trinajstić information content (AvgIpc) is 2.98. The van der Waals surface area contributed by atoms with Gasteiger partial charge in [0, 0.05) is 24.2 Å². The summed E-state index contributed by atoms with van der Waals surface area (Å²) in [5, 5.41) is 8.67. The number of carbonyl (C=O) groups excluding carboxylic acids is 1. The van der Waals surface area contributed by atoms with E-state index in [2.05, 4.69) is 0 Å². The number of benzene rings is 1. The van der Waals surface area contributed by atoms with Crippen molar-refractivity contribution in [2.75, 3.05) is 7.11 Å². The zero-order chi connectivity index (χ0) is 14.5. The molecule has 0 saturated heterocycles. The molecule has 0 atom stereocenters. The molecule has 0 saturated carbocycles. The zero-order valence-corrected chi connectivity index (χ0v) is 10.8. The second kappa shape index (κ2) is 5.88. The van der Waals surface area contributed by atoms with E-state index in [0.29, 0.717) is 11.1 Å². The first-order valence-corrected chi connectivity index (χ1v) is 5.88. The molecular formula is C15H13NO4. The van der Waals surface area contributed by atoms with Gasteiger partial charge in [0.05, 0.1) is 12.7 Å². The van der Waals surface area contributed by atoms with E-state index < -0.39 is 11.9 Å². The van der Waals surface area contributed by atoms with Crippen LogP contribution < -0.4 is 0 Å². The van der Waals surface area contributed by atoms with Gasteiger partial charge in [-0.05, 0) is 42.0 Å². The number of carbonyl (C=O) groups is 2. The number of esters is 1. The molecule has 20 heavy (non-hydrogen) atoms. The van der Waals surface area contributed by atoms with Crippen LogP contribution in [0.15, 0.2) is 48.8 Å². The number of carboxylic acid groups (broad SMARTS) is 1. The maximum absolute atomic E-state index is 11.7. The Morgan fingerprint density at radius 3 is 2.50 bits per heavy atom. The normalized spacial score (nSPS) is 10.7. The molecule has 0 fully saturated rings. The van der Waals surface area contributed by atoms with Crippen molar-refractivity contribution in [1.29, 1.82) is 0 Å². The summed E-state index contributed by atoms with van der Waals surface area (Å²) < 4.78 is 6.52. The first-order valence-electron chi connectivity index (χ1n) is 5.88. The Kier molecular flexibility index (Phi) is 4.00. The van der Waals surface area contributed by atoms with Crippen molar-refractivity contribution >= 4 is 18.0 Å². The third kappa shape index (κ3) is 3.14. The number of ether oxygens (including phenoxy) is 1. The molecule has 1 heterocycles. The van der Waals surface area contributed by atoms with E-state index in [-0.39, 0.29) is 0 Å². The van der Waals surface area contributed by atoms with Crippen molar-refractivity contribution in [3.63, 3.8) is 0 Å². The molecule has 0 spiro atoms. The van der Waals surface area contributed by atoms with Gasteiger partial charge in [0.25, 0.3) is 0 Å². The van der Waals surface area contributed by atoms with Crippen LogP contribution in [0.1, 0.15) is 15.9 Å². The molecule has 2 rings (SSSR count). The molecule has 0 radical (unpaired) electrons. The Balaban J connectivity index is 2.49. The van der Waals surface area contributed by atoms with Gasteiger partial charge in [0.15, 0.2) is 0 Å². The van der Waals surface area contributed by atoms with Crippen molar-refractivity contribution in [3.05, 3.63) is 59.9 Å². The number of hydrogen-bond donors (Lipinski definition) is 1. The standard InChI is InChI=1S/C15H13NO4/c1-20-15(19)12-8-11(4-5-14(17)18)9-13(10-12)16-6-2-3-7-16/h2-10H,1H3,(H,17,18). The van der Waals surface area contributed by atoms with Crippen LogP contribution in [0.2, 0.25) is 0 Å². The molecule has 1 N–H and O–H groups in total. The van der Waals surface area contributed by atoms with Gasteiger partial charge in [-0.15, -0.1) is 0 Å². The molecule has 0 aliphatic carbocycles. The van der Waals surface area contributed by atoms with Gasteiger partial charge in [0.1, 0.15) is 0 Å². The molecule has 5 heteroatoms. The van der Waals surface area contributed by atoms with Crippen molar-refractivity contribution in [1.82, 2.24) is 4.57 Å². The quantitative estimate of drug-likeness (QED) is 0.684. The van der Waals surface area contributed by atoms with Crippen molar-refractivity contribution in [2.45, 2.75) is 0 Å². The Morgan fingerprint density at radius 2 is 1.90 bits per heavy atom. The van der Waals surface area contributed by atoms with Crippen LogP contribution in [-0.4, -0.2) is 28.7 Å². The summed E-state index contributed by atoms with van der Waals surface area (Å²) in [6.07, 6.45) is 6.12. The minimum absolute atomic E-state index is 0.365. The number of aliphatic carboxylic acids is 1. The molecular weight excluding hydrogens is 258 g/mol. The molecule has 0 amide bonds. The van der Waals surface area contributed by atoms with E-state index in [1.165, 1.54) is 13.2 Å². The van der Waals surface area contributed by atoms with E-state index in [9.17, 15) is 9.59 Å². The van der Waals surface area contributed by atoms with E-state index in [4.69, 9.17) is 9.84 Å². The van der Waals surface area contributed by atoms with E-state index in [1.807, 2.05) is 29.1 Å². The fourth-order valence-electron chi connectivity index (χ4n) is 1.79. The molecule has 102 valence electrons. The summed E-state index contributed by atoms with van der Waals surface area (Å²) in [4.78, 5) is 22.2. The Bertz CT molecular complexity index is 657. The van der Waals surface area contributed by atoms with Crippen LogP contribution in [0.3, 0.4) is 0 Å². The van der Waals surface area contributed by atoms with Gasteiger partial charge in [-0.1, -0.05) is 0 Å². The van der Waals surface area contributed by atoms with Crippen molar-refractivity contribution in [2.24, 2.45) is 0 Å². The monoisotopic (exact) mass is 271 g/mol. The van der Waals surface area contributed by atoms with Crippen molar-refractivity contribution in [3.8, 4) is 5.69 Å². The topological polar surface area (TPSA) is 68.5 Å². The molecule has 0 aliphatic heterocycles. The van der Waals surface area contributed by atoms with Crippen LogP contribution in [0.5, 0.6) is 0 Å². The van der Waals surface area contributed by atoms with Gasteiger partial charge in [0.2, 0.25) is 0 Å². The first-order chi connectivity index (χ1) is 9.60. The van der Waals surface area contributed by atoms with Crippen LogP contribution in [0.25, 0.3) is 11.8 Å². The van der Waals surface area contributed by atoms with Crippen molar-refractivity contribution < 1.29 is 19.4 Å². The third-order valence-corrected chi connectivity index (χ3v) is 2.68. The number of carboxylic acids is 1. The lowest BCUT2D eigenvalue weighted by Gasteiger charge is -2.07. The number of methoxy groups -OCH3 is 1. The minimum Gasteiger partial charge on any atom is -0.478 e. The Morgan fingerprint density at radius 1 is 1.20 bits per heavy atom. The van der Waals surface area contributed by atoms with Crippen LogP contribution in [0, 0.1) is 0 Å². The van der Waals surface area contributed by atoms with Gasteiger partial charge >= 0.3 is 11.9 Å². The Labute approximate surface area is 115 Å². The molecule has 1 aromatic heterocycles. The molecule has 5 nitrogen and oxygen atoms in total. The van der Waals surface area contributed by atoms with Gasteiger partial charge in [-0.2, -0.15) is 0 Å². The molecule has 2 aromatic rings. The highest BCUT2D eigenvalue weighted by Gasteiger charge is 2.09. The van der Waals surface area contributed by atoms with Crippen LogP contribution in [0.4, 0.5) is 0 Å². The predicted molar refractivity (Wildman–Crippen MR) is 73.8 cm³/mol. The maximum Gasteiger partial charge on any atom is 0.337 e. The second-order valence-electron chi connectivity index (χ2n) is 4.07. The number of hydrogen-bond acceptors (Lipinski definition) is 3. The summed E-state index contributed by atoms with van der Waals surface area (Å²) >= 11 is 0. The summed E-state index contributed by atoms with van der Waals surface area (Å²) in [6.45, 7) is 0. The maximum atomic E-state index is 11.7. The van der Waals surface area contributed by atoms with E-state index in [0.717, 1.165) is 11.8 Å². The summed E-state index contributed by atoms with van der Waals surface area (Å²) in [7, 11) is 1.30. The molecule has 0 unspecified atom stereocenters. The summed E-state index contributed by atoms with van der Waals surface area (Å²) in [5.74, 6) is -1.51. The fourth-order valence-corrected chi connectivity index (χ4v) is 1.79. The number of aromatic nitrogens is 1. The first kappa shape index (κ1) is 13.6. The van der Waals surface area contributed by atoms with Gasteiger partial charge in [-0.25, -0.2) is 9.59 Å². The van der Waals surface area contributed by atoms with Gasteiger partial charge < -0.3 is 14.4 Å². The van der Waals surface area contributed by atoms with Gasteiger partial charge in [-0.3, -0.25) is 0 Å². The zero-order valence-electron chi connectivity index (χ0n) is 10.8. The highest BCUT2D eigenvalue weighted by Crippen LogP contribution is 2.17. The SMILES string of the molecule is COC(=O)c1cc(C=CC(=O)O)cc(-n2cccc2)c1. The van der Waals surface area contributed by atoms with E-state index >= 15 is 0 Å². The van der Waals surface area contributed by atoms with Crippen LogP contribution in [-0.2, 0) is 9.53 Å². The number of rotatable bonds is 4. The lowest BCUT2D eigenvalue weighted by molar-refractivity contribution is -0.131. The van der Waals surface area contributed by atoms with E-state index in [1.54, 1.807) is 18.2 Å². The Hall–Kier alpha value is -2.82. The molecule has 0 bridgehead atoms. The molecule has 0 aliphatic rings. The largest absolute Gasteiger partial charge is 0.478 e. The summed E-state index contributed by atoms with van der Waals surface area (Å²) in [6, 6.07) is 8.77. The predicted octanol–water partition coefficient (Wildman–Crippen LogP) is 2.36. The lowest BCUT2D eigenvalue weighted by atomic mass is 10.1. The molecule has 1 aromatic carbocycles. The lowest BCUT2D eigenvalue weighted by Crippen LogP contribution is -2.03. The third-order valence-electron chi connectivity index (χ3n) is 2.68. The fraction of sp³-hybridized carbons (Fsp3) is 0.0667. The highest BCUT2D eigenvalue weighted by molar-refractivity contribution is 5.92. The van der Waals surface area contributed by atoms with Crippen LogP contribution >= 0.6 is 0 Å². The highest BCUT2D eigenvalue weighted by atomic mass is 16.5. The summed E-state index contributed by atoms with van der Waals surface area (Å²) in [5.41, 5.74) is 1.73. The minimum atomic E-state index is -1.05. The second-order valence-corrected chi connectivity index (χ2v) is 4.07. The number of nitrogens with zero attached hydrogens (tertiary/aromatic N) is 1. The smallest absolute Gasteiger partial charge is 0.337 e.